The summed E-state index contributed by atoms with van der Waals surface area (Å²) in [5.41, 5.74) is 4.86. The number of hydrogen-bond donors (Lipinski definition) is 1. The Morgan fingerprint density at radius 2 is 2.10 bits per heavy atom. The van der Waals surface area contributed by atoms with Crippen molar-refractivity contribution in [2.45, 2.75) is 58.5 Å². The summed E-state index contributed by atoms with van der Waals surface area (Å²) in [5.74, 6) is 1.70. The maximum absolute atomic E-state index is 13.1. The van der Waals surface area contributed by atoms with Crippen molar-refractivity contribution in [1.29, 1.82) is 0 Å². The van der Waals surface area contributed by atoms with E-state index in [-0.39, 0.29) is 24.5 Å². The van der Waals surface area contributed by atoms with Crippen LogP contribution in [0.1, 0.15) is 58.1 Å². The zero-order valence-electron chi connectivity index (χ0n) is 24.5. The van der Waals surface area contributed by atoms with Crippen LogP contribution < -0.4 is 5.32 Å². The number of amides is 1. The van der Waals surface area contributed by atoms with E-state index in [0.29, 0.717) is 16.6 Å². The topological polar surface area (TPSA) is 53.9 Å². The van der Waals surface area contributed by atoms with Gasteiger partial charge in [0.2, 0.25) is 5.91 Å². The summed E-state index contributed by atoms with van der Waals surface area (Å²) in [7, 11) is 1.66. The molecule has 0 fully saturated rings. The lowest BCUT2D eigenvalue weighted by atomic mass is 9.92. The van der Waals surface area contributed by atoms with Gasteiger partial charge in [-0.25, -0.2) is 0 Å². The van der Waals surface area contributed by atoms with Crippen molar-refractivity contribution in [3.63, 3.8) is 0 Å². The van der Waals surface area contributed by atoms with Crippen LogP contribution in [0.4, 0.5) is 0 Å². The molecular formula is C34H41Cl2N3O2. The van der Waals surface area contributed by atoms with Crippen molar-refractivity contribution in [2.75, 3.05) is 20.2 Å². The number of amidine groups is 1. The van der Waals surface area contributed by atoms with Gasteiger partial charge in [-0.1, -0.05) is 77.9 Å². The quantitative estimate of drug-likeness (QED) is 0.231. The molecule has 5 nitrogen and oxygen atoms in total. The molecular weight excluding hydrogens is 553 g/mol. The number of carbonyl (C=O) groups excluding carboxylic acids is 1. The number of methoxy groups -OCH3 is 1. The molecule has 2 aliphatic carbocycles. The number of nitrogens with zero attached hydrogens (tertiary/aromatic N) is 2. The molecule has 7 heteroatoms. The summed E-state index contributed by atoms with van der Waals surface area (Å²) < 4.78 is 4.76. The second-order valence-electron chi connectivity index (χ2n) is 10.1. The summed E-state index contributed by atoms with van der Waals surface area (Å²) in [5, 5.41) is 4.36. The van der Waals surface area contributed by atoms with Gasteiger partial charge in [-0.2, -0.15) is 0 Å². The second-order valence-corrected chi connectivity index (χ2v) is 11.0. The highest BCUT2D eigenvalue weighted by molar-refractivity contribution is 6.35. The number of halogens is 2. The van der Waals surface area contributed by atoms with Crippen molar-refractivity contribution in [3.8, 4) is 0 Å². The first kappa shape index (κ1) is 32.2. The van der Waals surface area contributed by atoms with Gasteiger partial charge in [-0.05, 0) is 86.9 Å². The van der Waals surface area contributed by atoms with E-state index in [0.717, 1.165) is 42.8 Å². The van der Waals surface area contributed by atoms with Crippen molar-refractivity contribution in [1.82, 2.24) is 10.2 Å². The van der Waals surface area contributed by atoms with Crippen LogP contribution in [0.25, 0.3) is 0 Å². The lowest BCUT2D eigenvalue weighted by Gasteiger charge is -2.23. The van der Waals surface area contributed by atoms with Crippen LogP contribution in [-0.2, 0) is 9.53 Å². The van der Waals surface area contributed by atoms with Crippen LogP contribution >= 0.6 is 23.2 Å². The van der Waals surface area contributed by atoms with Gasteiger partial charge in [-0.3, -0.25) is 9.79 Å². The Morgan fingerprint density at radius 1 is 1.29 bits per heavy atom. The molecule has 2 atom stereocenters. The highest BCUT2D eigenvalue weighted by Crippen LogP contribution is 2.33. The fourth-order valence-corrected chi connectivity index (χ4v) is 5.25. The molecule has 0 saturated carbocycles. The fraction of sp³-hybridized carbons (Fsp3) is 0.353. The number of benzene rings is 1. The van der Waals surface area contributed by atoms with Gasteiger partial charge in [0.1, 0.15) is 5.84 Å². The monoisotopic (exact) mass is 593 g/mol. The van der Waals surface area contributed by atoms with Crippen LogP contribution in [0, 0.1) is 0 Å². The van der Waals surface area contributed by atoms with E-state index in [4.69, 9.17) is 32.9 Å². The molecule has 2 unspecified atom stereocenters. The first-order valence-corrected chi connectivity index (χ1v) is 14.8. The zero-order valence-corrected chi connectivity index (χ0v) is 26.0. The average molecular weight is 595 g/mol. The maximum Gasteiger partial charge on any atom is 0.240 e. The normalized spacial score (nSPS) is 19.1. The minimum atomic E-state index is -0.161. The number of carbonyl (C=O) groups is 1. The molecule has 1 heterocycles. The number of aliphatic imine (C=N–C) groups is 1. The SMILES string of the molecule is C/C=C(\C)OC.C=CC/C=C/C1=NC(c2ccc(Cl)cc2Cl)CN1CC(=O)NC(C)C1=CC=CC2=C(C=CCC2)C1. The van der Waals surface area contributed by atoms with Gasteiger partial charge in [-0.15, -0.1) is 6.58 Å². The lowest BCUT2D eigenvalue weighted by Crippen LogP contribution is -2.42. The third-order valence-corrected chi connectivity index (χ3v) is 7.77. The van der Waals surface area contributed by atoms with Crippen molar-refractivity contribution in [3.05, 3.63) is 118 Å². The Labute approximate surface area is 255 Å². The molecule has 218 valence electrons. The van der Waals surface area contributed by atoms with E-state index < -0.39 is 0 Å². The van der Waals surface area contributed by atoms with Gasteiger partial charge in [0.25, 0.3) is 0 Å². The minimum absolute atomic E-state index is 0.0345. The number of nitrogens with one attached hydrogen (secondary N) is 1. The molecule has 4 rings (SSSR count). The van der Waals surface area contributed by atoms with Gasteiger partial charge in [0.15, 0.2) is 0 Å². The fourth-order valence-electron chi connectivity index (χ4n) is 4.72. The number of rotatable bonds is 9. The smallest absolute Gasteiger partial charge is 0.240 e. The molecule has 41 heavy (non-hydrogen) atoms. The predicted octanol–water partition coefficient (Wildman–Crippen LogP) is 8.48. The maximum atomic E-state index is 13.1. The van der Waals surface area contributed by atoms with Crippen LogP contribution in [0.2, 0.25) is 10.0 Å². The third-order valence-electron chi connectivity index (χ3n) is 7.21. The van der Waals surface area contributed by atoms with E-state index in [2.05, 4.69) is 49.2 Å². The molecule has 0 bridgehead atoms. The van der Waals surface area contributed by atoms with Crippen molar-refractivity contribution < 1.29 is 9.53 Å². The van der Waals surface area contributed by atoms with E-state index in [9.17, 15) is 4.79 Å². The Morgan fingerprint density at radius 3 is 2.78 bits per heavy atom. The minimum Gasteiger partial charge on any atom is -0.502 e. The number of ether oxygens (including phenoxy) is 1. The van der Waals surface area contributed by atoms with Crippen LogP contribution in [0.5, 0.6) is 0 Å². The summed E-state index contributed by atoms with van der Waals surface area (Å²) in [6, 6.07) is 5.24. The standard InChI is InChI=1S/C29H31Cl2N3O.C5H10O/c1-3-4-5-13-28-33-27(25-15-14-24(30)17-26(25)31)18-34(28)19-29(35)32-20(2)22-12-8-11-21-9-6-7-10-23(21)16-22;1-4-5(2)6-3/h3,5,7-8,10-15,17,20,27H,1,4,6,9,16,18-19H2,2H3,(H,32,35);4H,1-3H3/b13-5+;5-4+. The van der Waals surface area contributed by atoms with Crippen molar-refractivity contribution in [2.24, 2.45) is 4.99 Å². The van der Waals surface area contributed by atoms with Gasteiger partial charge in [0, 0.05) is 22.6 Å². The summed E-state index contributed by atoms with van der Waals surface area (Å²) in [4.78, 5) is 20.0. The predicted molar refractivity (Wildman–Crippen MR) is 173 cm³/mol. The molecule has 0 spiro atoms. The number of allylic oxidation sites excluding steroid dienone is 11. The van der Waals surface area contributed by atoms with E-state index in [1.807, 2.05) is 55.2 Å². The van der Waals surface area contributed by atoms with E-state index in [1.165, 1.54) is 16.7 Å². The average Bonchev–Trinajstić information content (AvgIpc) is 3.20. The molecule has 1 amide bonds. The van der Waals surface area contributed by atoms with Gasteiger partial charge < -0.3 is 15.0 Å². The Hall–Kier alpha value is -3.28. The zero-order chi connectivity index (χ0) is 29.8. The molecule has 0 radical (unpaired) electrons. The Bertz CT molecular complexity index is 1320. The van der Waals surface area contributed by atoms with Gasteiger partial charge in [0.05, 0.1) is 25.5 Å². The van der Waals surface area contributed by atoms with E-state index >= 15 is 0 Å². The molecule has 0 aromatic heterocycles. The third kappa shape index (κ3) is 9.65. The molecule has 1 aliphatic heterocycles. The number of hydrogen-bond acceptors (Lipinski definition) is 4. The lowest BCUT2D eigenvalue weighted by molar-refractivity contribution is -0.121. The second kappa shape index (κ2) is 16.2. The Kier molecular flexibility index (Phi) is 12.8. The molecule has 1 aromatic carbocycles. The molecule has 0 saturated heterocycles. The summed E-state index contributed by atoms with van der Waals surface area (Å²) in [6.07, 6.45) is 22.4. The van der Waals surface area contributed by atoms with Crippen molar-refractivity contribution >= 4 is 34.9 Å². The highest BCUT2D eigenvalue weighted by atomic mass is 35.5. The first-order chi connectivity index (χ1) is 19.7. The van der Waals surface area contributed by atoms with Crippen LogP contribution in [-0.4, -0.2) is 42.9 Å². The van der Waals surface area contributed by atoms with Gasteiger partial charge >= 0.3 is 0 Å². The highest BCUT2D eigenvalue weighted by Gasteiger charge is 2.28. The largest absolute Gasteiger partial charge is 0.502 e. The Balaban J connectivity index is 0.000000696. The molecule has 1 aromatic rings. The molecule has 1 N–H and O–H groups in total. The summed E-state index contributed by atoms with van der Waals surface area (Å²) in [6.45, 7) is 10.5. The van der Waals surface area contributed by atoms with E-state index in [1.54, 1.807) is 13.2 Å². The first-order valence-electron chi connectivity index (χ1n) is 14.0. The molecule has 3 aliphatic rings. The van der Waals surface area contributed by atoms with Crippen LogP contribution in [0.3, 0.4) is 0 Å². The summed E-state index contributed by atoms with van der Waals surface area (Å²) >= 11 is 12.5. The van der Waals surface area contributed by atoms with Crippen LogP contribution in [0.15, 0.2) is 107 Å².